The number of aromatic nitrogens is 4. The Morgan fingerprint density at radius 1 is 1.38 bits per heavy atom. The van der Waals surface area contributed by atoms with E-state index < -0.39 is 0 Å². The maximum atomic E-state index is 12.6. The van der Waals surface area contributed by atoms with Gasteiger partial charge in [-0.1, -0.05) is 12.8 Å². The van der Waals surface area contributed by atoms with E-state index in [1.165, 1.54) is 12.8 Å². The van der Waals surface area contributed by atoms with Crippen molar-refractivity contribution < 1.29 is 9.90 Å². The number of carbonyl (C=O) groups excluding carboxylic acids is 1. The summed E-state index contributed by atoms with van der Waals surface area (Å²) >= 11 is 0. The molecule has 7 nitrogen and oxygen atoms in total. The SMILES string of the molecule is Cc1c(C(=O)Nc2n[nH]c3cc(O)ccc23)cnn1C1CCCC1. The average molecular weight is 325 g/mol. The van der Waals surface area contributed by atoms with Gasteiger partial charge in [-0.15, -0.1) is 0 Å². The summed E-state index contributed by atoms with van der Waals surface area (Å²) in [5.74, 6) is 0.374. The molecule has 0 radical (unpaired) electrons. The first-order valence-corrected chi connectivity index (χ1v) is 8.16. The number of anilines is 1. The molecule has 124 valence electrons. The molecular weight excluding hydrogens is 306 g/mol. The Bertz CT molecular complexity index is 905. The van der Waals surface area contributed by atoms with Crippen LogP contribution in [0.2, 0.25) is 0 Å². The van der Waals surface area contributed by atoms with E-state index in [0.717, 1.165) is 23.9 Å². The number of phenolic OH excluding ortho intramolecular Hbond substituents is 1. The van der Waals surface area contributed by atoms with Gasteiger partial charge in [0.05, 0.1) is 23.3 Å². The Morgan fingerprint density at radius 2 is 2.17 bits per heavy atom. The van der Waals surface area contributed by atoms with Crippen LogP contribution in [0, 0.1) is 6.92 Å². The molecule has 1 fully saturated rings. The first-order chi connectivity index (χ1) is 11.6. The molecule has 1 aliphatic carbocycles. The van der Waals surface area contributed by atoms with Crippen molar-refractivity contribution in [2.75, 3.05) is 5.32 Å². The van der Waals surface area contributed by atoms with Crippen LogP contribution in [-0.4, -0.2) is 31.0 Å². The normalized spacial score (nSPS) is 15.2. The van der Waals surface area contributed by atoms with Gasteiger partial charge in [-0.25, -0.2) is 0 Å². The van der Waals surface area contributed by atoms with Crippen molar-refractivity contribution in [1.29, 1.82) is 0 Å². The molecular formula is C17H19N5O2. The minimum Gasteiger partial charge on any atom is -0.508 e. The summed E-state index contributed by atoms with van der Waals surface area (Å²) < 4.78 is 1.97. The molecule has 0 atom stereocenters. The average Bonchev–Trinajstić information content (AvgIpc) is 3.27. The van der Waals surface area contributed by atoms with Crippen LogP contribution in [-0.2, 0) is 0 Å². The number of aromatic hydroxyl groups is 1. The Hall–Kier alpha value is -2.83. The summed E-state index contributed by atoms with van der Waals surface area (Å²) in [6, 6.07) is 5.26. The number of benzene rings is 1. The highest BCUT2D eigenvalue weighted by Crippen LogP contribution is 2.31. The van der Waals surface area contributed by atoms with Gasteiger partial charge in [-0.05, 0) is 31.9 Å². The first-order valence-electron chi connectivity index (χ1n) is 8.16. The lowest BCUT2D eigenvalue weighted by Gasteiger charge is -2.12. The Morgan fingerprint density at radius 3 is 2.96 bits per heavy atom. The number of aromatic amines is 1. The fraction of sp³-hybridized carbons (Fsp3) is 0.353. The maximum Gasteiger partial charge on any atom is 0.260 e. The highest BCUT2D eigenvalue weighted by atomic mass is 16.3. The van der Waals surface area contributed by atoms with Crippen LogP contribution in [0.25, 0.3) is 10.9 Å². The van der Waals surface area contributed by atoms with Gasteiger partial charge in [-0.3, -0.25) is 14.6 Å². The third-order valence-corrected chi connectivity index (χ3v) is 4.74. The molecule has 7 heteroatoms. The molecule has 2 heterocycles. The lowest BCUT2D eigenvalue weighted by molar-refractivity contribution is 0.102. The zero-order valence-electron chi connectivity index (χ0n) is 13.4. The molecule has 0 aliphatic heterocycles. The molecule has 0 spiro atoms. The predicted octanol–water partition coefficient (Wildman–Crippen LogP) is 3.14. The Labute approximate surface area is 138 Å². The molecule has 24 heavy (non-hydrogen) atoms. The largest absolute Gasteiger partial charge is 0.508 e. The topological polar surface area (TPSA) is 95.8 Å². The second-order valence-electron chi connectivity index (χ2n) is 6.28. The highest BCUT2D eigenvalue weighted by Gasteiger charge is 2.23. The lowest BCUT2D eigenvalue weighted by atomic mass is 10.2. The lowest BCUT2D eigenvalue weighted by Crippen LogP contribution is -2.15. The smallest absolute Gasteiger partial charge is 0.260 e. The molecule has 1 amide bonds. The first kappa shape index (κ1) is 14.7. The molecule has 0 saturated heterocycles. The number of nitrogens with zero attached hydrogens (tertiary/aromatic N) is 3. The van der Waals surface area contributed by atoms with E-state index in [4.69, 9.17) is 0 Å². The standard InChI is InChI=1S/C17H19N5O2/c1-10-14(9-18-22(10)11-4-2-3-5-11)17(24)19-16-13-7-6-12(23)8-15(13)20-21-16/h6-9,11,23H,2-5H2,1H3,(H2,19,20,21,24). The van der Waals surface area contributed by atoms with E-state index in [9.17, 15) is 9.90 Å². The third-order valence-electron chi connectivity index (χ3n) is 4.74. The number of H-pyrrole nitrogens is 1. The van der Waals surface area contributed by atoms with E-state index in [0.29, 0.717) is 22.9 Å². The second-order valence-corrected chi connectivity index (χ2v) is 6.28. The molecule has 1 aromatic carbocycles. The van der Waals surface area contributed by atoms with Gasteiger partial charge in [-0.2, -0.15) is 10.2 Å². The number of phenols is 1. The fourth-order valence-corrected chi connectivity index (χ4v) is 3.44. The van der Waals surface area contributed by atoms with Crippen LogP contribution in [0.5, 0.6) is 5.75 Å². The second kappa shape index (κ2) is 5.67. The van der Waals surface area contributed by atoms with Crippen LogP contribution in [0.3, 0.4) is 0 Å². The predicted molar refractivity (Wildman–Crippen MR) is 90.2 cm³/mol. The zero-order valence-corrected chi connectivity index (χ0v) is 13.4. The molecule has 4 rings (SSSR count). The fourth-order valence-electron chi connectivity index (χ4n) is 3.44. The summed E-state index contributed by atoms with van der Waals surface area (Å²) in [5, 5.41) is 24.4. The number of carbonyl (C=O) groups is 1. The summed E-state index contributed by atoms with van der Waals surface area (Å²) in [4.78, 5) is 12.6. The van der Waals surface area contributed by atoms with E-state index in [2.05, 4.69) is 20.6 Å². The summed E-state index contributed by atoms with van der Waals surface area (Å²) in [6.07, 6.45) is 6.31. The molecule has 0 bridgehead atoms. The monoisotopic (exact) mass is 325 g/mol. The molecule has 0 unspecified atom stereocenters. The minimum absolute atomic E-state index is 0.151. The van der Waals surface area contributed by atoms with Crippen molar-refractivity contribution in [1.82, 2.24) is 20.0 Å². The van der Waals surface area contributed by atoms with Crippen molar-refractivity contribution in [2.24, 2.45) is 0 Å². The van der Waals surface area contributed by atoms with Gasteiger partial charge in [0.2, 0.25) is 0 Å². The summed E-state index contributed by atoms with van der Waals surface area (Å²) in [6.45, 7) is 1.93. The van der Waals surface area contributed by atoms with Crippen LogP contribution in [0.15, 0.2) is 24.4 Å². The van der Waals surface area contributed by atoms with E-state index in [-0.39, 0.29) is 11.7 Å². The number of nitrogens with one attached hydrogen (secondary N) is 2. The van der Waals surface area contributed by atoms with Gasteiger partial charge in [0, 0.05) is 17.1 Å². The molecule has 1 aliphatic rings. The number of fused-ring (bicyclic) bond motifs is 1. The van der Waals surface area contributed by atoms with Gasteiger partial charge >= 0.3 is 0 Å². The summed E-state index contributed by atoms with van der Waals surface area (Å²) in [7, 11) is 0. The molecule has 1 saturated carbocycles. The third kappa shape index (κ3) is 2.42. The number of hydrogen-bond acceptors (Lipinski definition) is 4. The summed E-state index contributed by atoms with van der Waals surface area (Å²) in [5.41, 5.74) is 2.12. The van der Waals surface area contributed by atoms with Crippen LogP contribution in [0.1, 0.15) is 47.8 Å². The zero-order chi connectivity index (χ0) is 16.7. The van der Waals surface area contributed by atoms with Crippen molar-refractivity contribution in [3.63, 3.8) is 0 Å². The number of rotatable bonds is 3. The van der Waals surface area contributed by atoms with Gasteiger partial charge in [0.15, 0.2) is 5.82 Å². The number of hydrogen-bond donors (Lipinski definition) is 3. The van der Waals surface area contributed by atoms with Gasteiger partial charge in [0.1, 0.15) is 5.75 Å². The van der Waals surface area contributed by atoms with Crippen molar-refractivity contribution in [2.45, 2.75) is 38.6 Å². The molecule has 2 aromatic heterocycles. The van der Waals surface area contributed by atoms with Crippen LogP contribution < -0.4 is 5.32 Å². The van der Waals surface area contributed by atoms with Gasteiger partial charge in [0.25, 0.3) is 5.91 Å². The van der Waals surface area contributed by atoms with E-state index in [1.807, 2.05) is 11.6 Å². The maximum absolute atomic E-state index is 12.6. The molecule has 3 N–H and O–H groups in total. The van der Waals surface area contributed by atoms with Crippen molar-refractivity contribution >= 4 is 22.6 Å². The van der Waals surface area contributed by atoms with Crippen molar-refractivity contribution in [3.8, 4) is 5.75 Å². The highest BCUT2D eigenvalue weighted by molar-refractivity contribution is 6.08. The van der Waals surface area contributed by atoms with Crippen molar-refractivity contribution in [3.05, 3.63) is 35.7 Å². The minimum atomic E-state index is -0.224. The Kier molecular flexibility index (Phi) is 3.48. The Balaban J connectivity index is 1.59. The quantitative estimate of drug-likeness (QED) is 0.689. The number of amides is 1. The van der Waals surface area contributed by atoms with Crippen LogP contribution >= 0.6 is 0 Å². The van der Waals surface area contributed by atoms with Gasteiger partial charge < -0.3 is 10.4 Å². The van der Waals surface area contributed by atoms with Crippen LogP contribution in [0.4, 0.5) is 5.82 Å². The van der Waals surface area contributed by atoms with E-state index >= 15 is 0 Å². The molecule has 3 aromatic rings. The van der Waals surface area contributed by atoms with E-state index in [1.54, 1.807) is 24.4 Å².